The van der Waals surface area contributed by atoms with Crippen LogP contribution in [0.2, 0.25) is 0 Å². The van der Waals surface area contributed by atoms with Crippen molar-refractivity contribution >= 4 is 15.9 Å². The predicted molar refractivity (Wildman–Crippen MR) is 71.8 cm³/mol. The fourth-order valence-corrected chi connectivity index (χ4v) is 1.97. The Bertz CT molecular complexity index is 299. The molecule has 1 rings (SSSR count). The quantitative estimate of drug-likeness (QED) is 0.868. The van der Waals surface area contributed by atoms with Crippen molar-refractivity contribution in [2.45, 2.75) is 32.4 Å². The van der Waals surface area contributed by atoms with Crippen LogP contribution in [0.1, 0.15) is 19.4 Å². The molecule has 0 fully saturated rings. The van der Waals surface area contributed by atoms with Gasteiger partial charge in [-0.15, -0.1) is 0 Å². The lowest BCUT2D eigenvalue weighted by molar-refractivity contribution is 0.0836. The summed E-state index contributed by atoms with van der Waals surface area (Å²) in [6, 6.07) is 8.83. The number of nitrogens with one attached hydrogen (secondary N) is 1. The SMILES string of the molecule is CCNC(Cc1ccc(Br)cc1)C(C)OC. The van der Waals surface area contributed by atoms with Gasteiger partial charge in [0.05, 0.1) is 6.10 Å². The minimum atomic E-state index is 0.226. The highest BCUT2D eigenvalue weighted by atomic mass is 79.9. The topological polar surface area (TPSA) is 21.3 Å². The van der Waals surface area contributed by atoms with Crippen molar-refractivity contribution in [3.05, 3.63) is 34.3 Å². The van der Waals surface area contributed by atoms with Gasteiger partial charge in [-0.2, -0.15) is 0 Å². The van der Waals surface area contributed by atoms with Gasteiger partial charge in [0, 0.05) is 17.6 Å². The molecule has 0 aromatic heterocycles. The molecule has 0 saturated carbocycles. The molecule has 0 saturated heterocycles. The zero-order valence-corrected chi connectivity index (χ0v) is 11.8. The molecule has 0 aliphatic heterocycles. The zero-order chi connectivity index (χ0) is 12.0. The first-order chi connectivity index (χ1) is 7.67. The maximum absolute atomic E-state index is 5.39. The van der Waals surface area contributed by atoms with E-state index >= 15 is 0 Å². The van der Waals surface area contributed by atoms with Gasteiger partial charge >= 0.3 is 0 Å². The van der Waals surface area contributed by atoms with Crippen LogP contribution in [0.15, 0.2) is 28.7 Å². The van der Waals surface area contributed by atoms with Crippen LogP contribution in [0.5, 0.6) is 0 Å². The number of hydrogen-bond acceptors (Lipinski definition) is 2. The second kappa shape index (κ2) is 7.05. The number of ether oxygens (including phenoxy) is 1. The third kappa shape index (κ3) is 4.24. The molecular weight excluding hydrogens is 266 g/mol. The minimum Gasteiger partial charge on any atom is -0.380 e. The van der Waals surface area contributed by atoms with Crippen LogP contribution in [-0.2, 0) is 11.2 Å². The number of halogens is 1. The molecule has 2 nitrogen and oxygen atoms in total. The Morgan fingerprint density at radius 3 is 2.44 bits per heavy atom. The molecule has 1 aromatic carbocycles. The van der Waals surface area contributed by atoms with E-state index in [-0.39, 0.29) is 6.10 Å². The van der Waals surface area contributed by atoms with E-state index in [9.17, 15) is 0 Å². The Kier molecular flexibility index (Phi) is 6.03. The number of likely N-dealkylation sites (N-methyl/N-ethyl adjacent to an activating group) is 1. The van der Waals surface area contributed by atoms with Crippen molar-refractivity contribution < 1.29 is 4.74 Å². The maximum atomic E-state index is 5.39. The van der Waals surface area contributed by atoms with E-state index in [2.05, 4.69) is 59.4 Å². The van der Waals surface area contributed by atoms with Gasteiger partial charge in [0.1, 0.15) is 0 Å². The van der Waals surface area contributed by atoms with Crippen molar-refractivity contribution in [3.8, 4) is 0 Å². The van der Waals surface area contributed by atoms with Gasteiger partial charge in [-0.3, -0.25) is 0 Å². The molecular formula is C13H20BrNO. The average molecular weight is 286 g/mol. The molecule has 0 aliphatic carbocycles. The Balaban J connectivity index is 2.63. The lowest BCUT2D eigenvalue weighted by Gasteiger charge is -2.23. The van der Waals surface area contributed by atoms with Gasteiger partial charge in [0.15, 0.2) is 0 Å². The molecule has 0 amide bonds. The monoisotopic (exact) mass is 285 g/mol. The third-order valence-electron chi connectivity index (χ3n) is 2.77. The van der Waals surface area contributed by atoms with E-state index in [4.69, 9.17) is 4.74 Å². The molecule has 0 aliphatic rings. The number of methoxy groups -OCH3 is 1. The first kappa shape index (κ1) is 13.7. The van der Waals surface area contributed by atoms with Crippen molar-refractivity contribution in [3.63, 3.8) is 0 Å². The third-order valence-corrected chi connectivity index (χ3v) is 3.30. The Morgan fingerprint density at radius 1 is 1.31 bits per heavy atom. The molecule has 2 unspecified atom stereocenters. The second-order valence-corrected chi connectivity index (χ2v) is 4.85. The van der Waals surface area contributed by atoms with Crippen molar-refractivity contribution in [1.29, 1.82) is 0 Å². The molecule has 90 valence electrons. The van der Waals surface area contributed by atoms with Crippen LogP contribution in [-0.4, -0.2) is 25.8 Å². The summed E-state index contributed by atoms with van der Waals surface area (Å²) in [6.45, 7) is 5.19. The van der Waals surface area contributed by atoms with Crippen LogP contribution in [0.25, 0.3) is 0 Å². The minimum absolute atomic E-state index is 0.226. The van der Waals surface area contributed by atoms with Crippen LogP contribution in [0.3, 0.4) is 0 Å². The van der Waals surface area contributed by atoms with Crippen LogP contribution < -0.4 is 5.32 Å². The molecule has 0 spiro atoms. The molecule has 2 atom stereocenters. The standard InChI is InChI=1S/C13H20BrNO/c1-4-15-13(10(2)16-3)9-11-5-7-12(14)8-6-11/h5-8,10,13,15H,4,9H2,1-3H3. The van der Waals surface area contributed by atoms with Gasteiger partial charge in [-0.05, 0) is 37.6 Å². The van der Waals surface area contributed by atoms with Gasteiger partial charge in [0.25, 0.3) is 0 Å². The van der Waals surface area contributed by atoms with Gasteiger partial charge in [-0.25, -0.2) is 0 Å². The number of benzene rings is 1. The van der Waals surface area contributed by atoms with E-state index in [0.29, 0.717) is 6.04 Å². The summed E-state index contributed by atoms with van der Waals surface area (Å²) in [5, 5.41) is 3.46. The summed E-state index contributed by atoms with van der Waals surface area (Å²) in [7, 11) is 1.76. The fourth-order valence-electron chi connectivity index (χ4n) is 1.70. The second-order valence-electron chi connectivity index (χ2n) is 3.94. The van der Waals surface area contributed by atoms with Crippen molar-refractivity contribution in [1.82, 2.24) is 5.32 Å². The van der Waals surface area contributed by atoms with E-state index in [1.807, 2.05) is 0 Å². The summed E-state index contributed by atoms with van der Waals surface area (Å²) in [5.41, 5.74) is 1.33. The summed E-state index contributed by atoms with van der Waals surface area (Å²) < 4.78 is 6.51. The normalized spacial score (nSPS) is 14.8. The summed E-state index contributed by atoms with van der Waals surface area (Å²) >= 11 is 3.44. The van der Waals surface area contributed by atoms with Crippen molar-refractivity contribution in [2.24, 2.45) is 0 Å². The molecule has 0 bridgehead atoms. The van der Waals surface area contributed by atoms with E-state index in [0.717, 1.165) is 17.4 Å². The van der Waals surface area contributed by atoms with Gasteiger partial charge < -0.3 is 10.1 Å². The average Bonchev–Trinajstić information content (AvgIpc) is 2.30. The van der Waals surface area contributed by atoms with Crippen LogP contribution in [0.4, 0.5) is 0 Å². The molecule has 16 heavy (non-hydrogen) atoms. The highest BCUT2D eigenvalue weighted by molar-refractivity contribution is 9.10. The Hall–Kier alpha value is -0.380. The molecule has 1 N–H and O–H groups in total. The predicted octanol–water partition coefficient (Wildman–Crippen LogP) is 3.00. The number of rotatable bonds is 6. The molecule has 0 heterocycles. The Morgan fingerprint density at radius 2 is 1.94 bits per heavy atom. The maximum Gasteiger partial charge on any atom is 0.0699 e. The van der Waals surface area contributed by atoms with E-state index in [1.54, 1.807) is 7.11 Å². The van der Waals surface area contributed by atoms with Gasteiger partial charge in [-0.1, -0.05) is 35.0 Å². The highest BCUT2D eigenvalue weighted by Crippen LogP contribution is 2.13. The summed E-state index contributed by atoms with van der Waals surface area (Å²) in [4.78, 5) is 0. The van der Waals surface area contributed by atoms with Gasteiger partial charge in [0.2, 0.25) is 0 Å². The largest absolute Gasteiger partial charge is 0.380 e. The molecule has 3 heteroatoms. The van der Waals surface area contributed by atoms with Crippen LogP contribution in [0, 0.1) is 0 Å². The highest BCUT2D eigenvalue weighted by Gasteiger charge is 2.15. The van der Waals surface area contributed by atoms with Crippen molar-refractivity contribution in [2.75, 3.05) is 13.7 Å². The van der Waals surface area contributed by atoms with E-state index < -0.39 is 0 Å². The van der Waals surface area contributed by atoms with Crippen LogP contribution >= 0.6 is 15.9 Å². The smallest absolute Gasteiger partial charge is 0.0699 e. The fraction of sp³-hybridized carbons (Fsp3) is 0.538. The summed E-state index contributed by atoms with van der Waals surface area (Å²) in [6.07, 6.45) is 1.22. The first-order valence-electron chi connectivity index (χ1n) is 5.68. The Labute approximate surface area is 107 Å². The zero-order valence-electron chi connectivity index (χ0n) is 10.2. The lowest BCUT2D eigenvalue weighted by Crippen LogP contribution is -2.40. The molecule has 0 radical (unpaired) electrons. The first-order valence-corrected chi connectivity index (χ1v) is 6.47. The lowest BCUT2D eigenvalue weighted by atomic mass is 10.0. The number of hydrogen-bond donors (Lipinski definition) is 1. The van der Waals surface area contributed by atoms with E-state index in [1.165, 1.54) is 5.56 Å². The molecule has 1 aromatic rings. The summed E-state index contributed by atoms with van der Waals surface area (Å²) in [5.74, 6) is 0.